The molecule has 2 aromatic rings. The van der Waals surface area contributed by atoms with E-state index in [1.54, 1.807) is 24.3 Å². The second-order valence-corrected chi connectivity index (χ2v) is 5.12. The summed E-state index contributed by atoms with van der Waals surface area (Å²) in [6, 6.07) is 16.7. The Labute approximate surface area is 130 Å². The summed E-state index contributed by atoms with van der Waals surface area (Å²) in [4.78, 5) is 11.8. The summed E-state index contributed by atoms with van der Waals surface area (Å²) in [6.45, 7) is 3.01. The van der Waals surface area contributed by atoms with E-state index < -0.39 is 6.10 Å². The lowest BCUT2D eigenvalue weighted by Crippen LogP contribution is -2.30. The Balaban J connectivity index is 1.66. The summed E-state index contributed by atoms with van der Waals surface area (Å²) in [5, 5.41) is 12.6. The number of rotatable bonds is 7. The molecule has 0 aliphatic heterocycles. The van der Waals surface area contributed by atoms with Crippen molar-refractivity contribution in [3.05, 3.63) is 65.7 Å². The molecule has 0 aromatic heterocycles. The Bertz CT molecular complexity index is 581. The predicted molar refractivity (Wildman–Crippen MR) is 85.7 cm³/mol. The van der Waals surface area contributed by atoms with Gasteiger partial charge in [0.15, 0.2) is 6.10 Å². The molecule has 0 saturated heterocycles. The van der Waals surface area contributed by atoms with Crippen LogP contribution in [0, 0.1) is 6.92 Å². The van der Waals surface area contributed by atoms with E-state index in [1.807, 2.05) is 37.3 Å². The Morgan fingerprint density at radius 2 is 1.82 bits per heavy atom. The van der Waals surface area contributed by atoms with Crippen molar-refractivity contribution in [3.63, 3.8) is 0 Å². The topological polar surface area (TPSA) is 58.6 Å². The van der Waals surface area contributed by atoms with Crippen LogP contribution >= 0.6 is 0 Å². The van der Waals surface area contributed by atoms with Crippen molar-refractivity contribution >= 4 is 5.91 Å². The number of hydrogen-bond acceptors (Lipinski definition) is 3. The van der Waals surface area contributed by atoms with Gasteiger partial charge in [-0.05, 0) is 31.0 Å². The summed E-state index contributed by atoms with van der Waals surface area (Å²) in [5.74, 6) is 0.433. The fourth-order valence-corrected chi connectivity index (χ4v) is 1.99. The minimum Gasteiger partial charge on any atom is -0.494 e. The molecular weight excluding hydrogens is 278 g/mol. The van der Waals surface area contributed by atoms with Crippen LogP contribution in [0.2, 0.25) is 0 Å². The first-order valence-electron chi connectivity index (χ1n) is 7.37. The molecule has 0 radical (unpaired) electrons. The molecule has 1 amide bonds. The average molecular weight is 299 g/mol. The number of benzene rings is 2. The van der Waals surface area contributed by atoms with Gasteiger partial charge in [0.2, 0.25) is 0 Å². The molecule has 2 rings (SSSR count). The zero-order chi connectivity index (χ0) is 15.8. The van der Waals surface area contributed by atoms with Crippen LogP contribution in [0.3, 0.4) is 0 Å². The number of aryl methyl sites for hydroxylation is 1. The summed E-state index contributed by atoms with van der Waals surface area (Å²) in [5.41, 5.74) is 1.78. The number of ether oxygens (including phenoxy) is 1. The van der Waals surface area contributed by atoms with Crippen molar-refractivity contribution in [2.45, 2.75) is 19.4 Å². The first-order chi connectivity index (χ1) is 10.7. The third-order valence-corrected chi connectivity index (χ3v) is 3.27. The van der Waals surface area contributed by atoms with Gasteiger partial charge in [-0.15, -0.1) is 0 Å². The SMILES string of the molecule is Cc1ccc(OCCCNC(=O)C(O)c2ccccc2)cc1. The Morgan fingerprint density at radius 3 is 2.50 bits per heavy atom. The molecule has 0 heterocycles. The van der Waals surface area contributed by atoms with Crippen LogP contribution < -0.4 is 10.1 Å². The van der Waals surface area contributed by atoms with Crippen LogP contribution in [0.1, 0.15) is 23.7 Å². The Hall–Kier alpha value is -2.33. The van der Waals surface area contributed by atoms with Gasteiger partial charge in [-0.1, -0.05) is 48.0 Å². The highest BCUT2D eigenvalue weighted by Crippen LogP contribution is 2.12. The molecule has 0 bridgehead atoms. The van der Waals surface area contributed by atoms with Crippen LogP contribution in [-0.2, 0) is 4.79 Å². The van der Waals surface area contributed by atoms with Gasteiger partial charge in [0.25, 0.3) is 5.91 Å². The van der Waals surface area contributed by atoms with Crippen molar-refractivity contribution < 1.29 is 14.6 Å². The number of aliphatic hydroxyl groups is 1. The van der Waals surface area contributed by atoms with E-state index in [0.29, 0.717) is 25.1 Å². The number of nitrogens with one attached hydrogen (secondary N) is 1. The highest BCUT2D eigenvalue weighted by atomic mass is 16.5. The lowest BCUT2D eigenvalue weighted by atomic mass is 10.1. The third kappa shape index (κ3) is 4.90. The first-order valence-corrected chi connectivity index (χ1v) is 7.37. The summed E-state index contributed by atoms with van der Waals surface area (Å²) in [7, 11) is 0. The zero-order valence-corrected chi connectivity index (χ0v) is 12.7. The summed E-state index contributed by atoms with van der Waals surface area (Å²) < 4.78 is 5.57. The molecule has 1 unspecified atom stereocenters. The maximum Gasteiger partial charge on any atom is 0.253 e. The second kappa shape index (κ2) is 8.20. The molecule has 4 nitrogen and oxygen atoms in total. The van der Waals surface area contributed by atoms with Crippen molar-refractivity contribution in [1.82, 2.24) is 5.32 Å². The highest BCUT2D eigenvalue weighted by Gasteiger charge is 2.15. The van der Waals surface area contributed by atoms with E-state index in [1.165, 1.54) is 5.56 Å². The maximum atomic E-state index is 11.8. The molecule has 2 N–H and O–H groups in total. The van der Waals surface area contributed by atoms with Gasteiger partial charge in [0, 0.05) is 6.54 Å². The smallest absolute Gasteiger partial charge is 0.253 e. The van der Waals surface area contributed by atoms with Crippen LogP contribution in [0.15, 0.2) is 54.6 Å². The predicted octanol–water partition coefficient (Wildman–Crippen LogP) is 2.61. The van der Waals surface area contributed by atoms with Gasteiger partial charge in [0.1, 0.15) is 5.75 Å². The van der Waals surface area contributed by atoms with E-state index >= 15 is 0 Å². The molecule has 1 atom stereocenters. The van der Waals surface area contributed by atoms with E-state index in [4.69, 9.17) is 4.74 Å². The largest absolute Gasteiger partial charge is 0.494 e. The van der Waals surface area contributed by atoms with Crippen LogP contribution in [0.4, 0.5) is 0 Å². The molecule has 0 aliphatic carbocycles. The first kappa shape index (κ1) is 16.0. The number of carbonyl (C=O) groups excluding carboxylic acids is 1. The molecule has 4 heteroatoms. The molecule has 0 aliphatic rings. The van der Waals surface area contributed by atoms with Crippen molar-refractivity contribution in [3.8, 4) is 5.75 Å². The average Bonchev–Trinajstić information content (AvgIpc) is 2.56. The van der Waals surface area contributed by atoms with Crippen molar-refractivity contribution in [2.24, 2.45) is 0 Å². The number of hydrogen-bond donors (Lipinski definition) is 2. The Kier molecular flexibility index (Phi) is 5.98. The second-order valence-electron chi connectivity index (χ2n) is 5.12. The fraction of sp³-hybridized carbons (Fsp3) is 0.278. The minimum absolute atomic E-state index is 0.387. The minimum atomic E-state index is -1.13. The molecule has 2 aromatic carbocycles. The van der Waals surface area contributed by atoms with Crippen LogP contribution in [-0.4, -0.2) is 24.2 Å². The lowest BCUT2D eigenvalue weighted by molar-refractivity contribution is -0.129. The van der Waals surface area contributed by atoms with Crippen molar-refractivity contribution in [2.75, 3.05) is 13.2 Å². The summed E-state index contributed by atoms with van der Waals surface area (Å²) >= 11 is 0. The molecule has 116 valence electrons. The molecule has 0 fully saturated rings. The van der Waals surface area contributed by atoms with Gasteiger partial charge in [-0.3, -0.25) is 4.79 Å². The van der Waals surface area contributed by atoms with Gasteiger partial charge in [0.05, 0.1) is 6.61 Å². The van der Waals surface area contributed by atoms with Gasteiger partial charge in [-0.2, -0.15) is 0 Å². The van der Waals surface area contributed by atoms with E-state index in [2.05, 4.69) is 5.32 Å². The Morgan fingerprint density at radius 1 is 1.14 bits per heavy atom. The molecule has 0 spiro atoms. The lowest BCUT2D eigenvalue weighted by Gasteiger charge is -2.12. The standard InChI is InChI=1S/C18H21NO3/c1-14-8-10-16(11-9-14)22-13-5-12-19-18(21)17(20)15-6-3-2-4-7-15/h2-4,6-11,17,20H,5,12-13H2,1H3,(H,19,21). The van der Waals surface area contributed by atoms with Crippen LogP contribution in [0.5, 0.6) is 5.75 Å². The highest BCUT2D eigenvalue weighted by molar-refractivity contribution is 5.81. The van der Waals surface area contributed by atoms with E-state index in [9.17, 15) is 9.90 Å². The van der Waals surface area contributed by atoms with Crippen LogP contribution in [0.25, 0.3) is 0 Å². The van der Waals surface area contributed by atoms with Crippen molar-refractivity contribution in [1.29, 1.82) is 0 Å². The third-order valence-electron chi connectivity index (χ3n) is 3.27. The molecular formula is C18H21NO3. The fourth-order valence-electron chi connectivity index (χ4n) is 1.99. The van der Waals surface area contributed by atoms with Gasteiger partial charge in [-0.25, -0.2) is 0 Å². The zero-order valence-electron chi connectivity index (χ0n) is 12.7. The number of carbonyl (C=O) groups is 1. The van der Waals surface area contributed by atoms with E-state index in [-0.39, 0.29) is 5.91 Å². The quantitative estimate of drug-likeness (QED) is 0.773. The molecule has 0 saturated carbocycles. The monoisotopic (exact) mass is 299 g/mol. The van der Waals surface area contributed by atoms with Gasteiger partial charge < -0.3 is 15.2 Å². The number of amides is 1. The molecule has 22 heavy (non-hydrogen) atoms. The summed E-state index contributed by atoms with van der Waals surface area (Å²) in [6.07, 6.45) is -0.444. The number of aliphatic hydroxyl groups excluding tert-OH is 1. The van der Waals surface area contributed by atoms with E-state index in [0.717, 1.165) is 5.75 Å². The van der Waals surface area contributed by atoms with Gasteiger partial charge >= 0.3 is 0 Å². The maximum absolute atomic E-state index is 11.8. The normalized spacial score (nSPS) is 11.7.